The van der Waals surface area contributed by atoms with Gasteiger partial charge in [-0.05, 0) is 135 Å². The minimum atomic E-state index is -1.50. The van der Waals surface area contributed by atoms with Gasteiger partial charge < -0.3 is 30.2 Å². The molecule has 4 aromatic rings. The molecule has 8 aliphatic rings. The number of piperazine rings is 2. The molecule has 2 atom stereocenters. The fourth-order valence-corrected chi connectivity index (χ4v) is 10.4. The minimum absolute atomic E-state index is 0.0237. The first-order chi connectivity index (χ1) is 33.7. The van der Waals surface area contributed by atoms with Crippen LogP contribution in [0, 0.1) is 11.6 Å². The van der Waals surface area contributed by atoms with Crippen LogP contribution in [0.2, 0.25) is 0 Å². The van der Waals surface area contributed by atoms with Crippen molar-refractivity contribution in [1.29, 1.82) is 0 Å². The summed E-state index contributed by atoms with van der Waals surface area (Å²) in [6.45, 7) is 7.66. The molecule has 18 heteroatoms. The zero-order valence-corrected chi connectivity index (χ0v) is 39.3. The molecule has 364 valence electrons. The van der Waals surface area contributed by atoms with Crippen molar-refractivity contribution in [2.45, 2.75) is 100.0 Å². The number of carbonyl (C=O) groups excluding carboxylic acids is 6. The minimum Gasteiger partial charge on any atom is -0.353 e. The molecule has 2 aromatic carbocycles. The molecular weight excluding hydrogens is 899 g/mol. The van der Waals surface area contributed by atoms with Gasteiger partial charge in [0.2, 0.25) is 0 Å². The first-order valence-corrected chi connectivity index (χ1v) is 24.6. The lowest BCUT2D eigenvalue weighted by Gasteiger charge is -2.36. The van der Waals surface area contributed by atoms with Gasteiger partial charge in [-0.1, -0.05) is 24.3 Å². The Bertz CT molecular complexity index is 2660. The van der Waals surface area contributed by atoms with Gasteiger partial charge in [0.05, 0.1) is 0 Å². The number of rotatable bonds is 10. The standard InChI is InChI=1S/2C26H28FN5O3/c2*1-26(24(34)29-25(35)30-26)20-7-6-17(13-21(20)27)23(33)32-10-8-31(9-11-32)22-19(16-4-5-16)12-18(14-28-22)15-2-3-15/h2*6-7,12-16H,2-5,8-11H2,1H3,(H2,29,30,34,35)/t2*26-/m10/s1. The summed E-state index contributed by atoms with van der Waals surface area (Å²) in [5.41, 5.74) is 2.90. The number of urea groups is 2. The number of amides is 8. The van der Waals surface area contributed by atoms with Crippen molar-refractivity contribution in [2.75, 3.05) is 62.2 Å². The monoisotopic (exact) mass is 954 g/mol. The molecule has 4 aliphatic heterocycles. The van der Waals surface area contributed by atoms with Gasteiger partial charge in [-0.25, -0.2) is 28.3 Å². The summed E-state index contributed by atoms with van der Waals surface area (Å²) < 4.78 is 29.9. The highest BCUT2D eigenvalue weighted by Crippen LogP contribution is 2.49. The van der Waals surface area contributed by atoms with Crippen LogP contribution in [-0.2, 0) is 20.7 Å². The fourth-order valence-electron chi connectivity index (χ4n) is 10.4. The second-order valence-electron chi connectivity index (χ2n) is 20.5. The zero-order chi connectivity index (χ0) is 48.6. The Hall–Kier alpha value is -6.98. The first kappa shape index (κ1) is 45.5. The quantitative estimate of drug-likeness (QED) is 0.138. The molecule has 0 radical (unpaired) electrons. The number of halogens is 2. The molecule has 8 amide bonds. The number of hydrogen-bond acceptors (Lipinski definition) is 10. The van der Waals surface area contributed by atoms with Gasteiger partial charge in [0.25, 0.3) is 23.6 Å². The van der Waals surface area contributed by atoms with Crippen LogP contribution in [-0.4, -0.2) is 108 Å². The molecule has 6 heterocycles. The maximum absolute atomic E-state index is 15.0. The van der Waals surface area contributed by atoms with Gasteiger partial charge in [0, 0.05) is 87.0 Å². The van der Waals surface area contributed by atoms with Crippen molar-refractivity contribution in [3.63, 3.8) is 0 Å². The number of nitrogens with zero attached hydrogens (tertiary/aromatic N) is 6. The predicted octanol–water partition coefficient (Wildman–Crippen LogP) is 5.99. The maximum Gasteiger partial charge on any atom is 0.322 e. The summed E-state index contributed by atoms with van der Waals surface area (Å²) in [4.78, 5) is 91.3. The number of hydrogen-bond donors (Lipinski definition) is 4. The SMILES string of the molecule is C[C@@]1(c2ccc(C(=O)N3CCN(c4ncc(C5CC5)cc4C4CC4)CC3)cc2F)NC(=O)NC1=O.C[C@]1(c2ccc(C(=O)N3CCN(c4ncc(C5CC5)cc4C4CC4)CC3)cc2F)NC(=O)NC1=O. The molecule has 0 bridgehead atoms. The van der Waals surface area contributed by atoms with Crippen molar-refractivity contribution in [1.82, 2.24) is 41.0 Å². The normalized spacial score (nSPS) is 24.4. The van der Waals surface area contributed by atoms with E-state index >= 15 is 0 Å². The molecule has 12 rings (SSSR count). The predicted molar refractivity (Wildman–Crippen MR) is 253 cm³/mol. The molecular formula is C52H56F2N10O6. The van der Waals surface area contributed by atoms with Crippen LogP contribution in [0.3, 0.4) is 0 Å². The number of aromatic nitrogens is 2. The van der Waals surface area contributed by atoms with Crippen molar-refractivity contribution in [3.8, 4) is 0 Å². The Morgan fingerprint density at radius 3 is 1.19 bits per heavy atom. The number of imide groups is 2. The summed E-state index contributed by atoms with van der Waals surface area (Å²) in [6, 6.07) is 11.5. The molecule has 8 fully saturated rings. The summed E-state index contributed by atoms with van der Waals surface area (Å²) >= 11 is 0. The van der Waals surface area contributed by atoms with E-state index in [0.717, 1.165) is 23.8 Å². The third-order valence-corrected chi connectivity index (χ3v) is 15.3. The van der Waals surface area contributed by atoms with Crippen molar-refractivity contribution in [2.24, 2.45) is 0 Å². The third-order valence-electron chi connectivity index (χ3n) is 15.3. The second-order valence-corrected chi connectivity index (χ2v) is 20.5. The highest BCUT2D eigenvalue weighted by molar-refractivity contribution is 6.08. The van der Waals surface area contributed by atoms with Crippen LogP contribution < -0.4 is 31.1 Å². The highest BCUT2D eigenvalue weighted by atomic mass is 19.1. The Kier molecular flexibility index (Phi) is 11.3. The molecule has 0 spiro atoms. The van der Waals surface area contributed by atoms with Crippen molar-refractivity contribution in [3.05, 3.63) is 117 Å². The van der Waals surface area contributed by atoms with Crippen LogP contribution in [0.15, 0.2) is 60.9 Å². The van der Waals surface area contributed by atoms with Crippen LogP contribution >= 0.6 is 0 Å². The maximum atomic E-state index is 15.0. The summed E-state index contributed by atoms with van der Waals surface area (Å²) in [5.74, 6) is 1.49. The van der Waals surface area contributed by atoms with E-state index in [-0.39, 0.29) is 34.1 Å². The summed E-state index contributed by atoms with van der Waals surface area (Å²) in [6.07, 6.45) is 13.9. The van der Waals surface area contributed by atoms with Crippen LogP contribution in [0.5, 0.6) is 0 Å². The molecule has 4 N–H and O–H groups in total. The smallest absolute Gasteiger partial charge is 0.322 e. The number of pyridine rings is 2. The lowest BCUT2D eigenvalue weighted by atomic mass is 9.91. The van der Waals surface area contributed by atoms with Crippen molar-refractivity contribution >= 4 is 47.3 Å². The van der Waals surface area contributed by atoms with Crippen LogP contribution in [0.25, 0.3) is 0 Å². The summed E-state index contributed by atoms with van der Waals surface area (Å²) in [5, 5.41) is 9.16. The number of benzene rings is 2. The van der Waals surface area contributed by atoms with Gasteiger partial charge in [-0.15, -0.1) is 0 Å². The average Bonchev–Trinajstić information content (AvgIpc) is 4.16. The Balaban J connectivity index is 0.000000152. The lowest BCUT2D eigenvalue weighted by molar-refractivity contribution is -0.124. The number of carbonyl (C=O) groups is 6. The summed E-state index contributed by atoms with van der Waals surface area (Å²) in [7, 11) is 0. The molecule has 4 saturated heterocycles. The van der Waals surface area contributed by atoms with Crippen LogP contribution in [0.4, 0.5) is 30.0 Å². The largest absolute Gasteiger partial charge is 0.353 e. The van der Waals surface area contributed by atoms with E-state index in [1.807, 2.05) is 12.4 Å². The van der Waals surface area contributed by atoms with E-state index in [2.05, 4.69) is 43.2 Å². The lowest BCUT2D eigenvalue weighted by Crippen LogP contribution is -2.49. The fraction of sp³-hybridized carbons (Fsp3) is 0.462. The molecule has 4 saturated carbocycles. The van der Waals surface area contributed by atoms with E-state index in [1.54, 1.807) is 9.80 Å². The van der Waals surface area contributed by atoms with E-state index in [1.165, 1.54) is 112 Å². The van der Waals surface area contributed by atoms with Gasteiger partial charge in [0.15, 0.2) is 0 Å². The van der Waals surface area contributed by atoms with Gasteiger partial charge in [-0.2, -0.15) is 0 Å². The van der Waals surface area contributed by atoms with Crippen LogP contribution in [0.1, 0.15) is 143 Å². The number of nitrogens with one attached hydrogen (secondary N) is 4. The highest BCUT2D eigenvalue weighted by Gasteiger charge is 2.47. The molecule has 0 unspecified atom stereocenters. The van der Waals surface area contributed by atoms with Gasteiger partial charge >= 0.3 is 12.1 Å². The van der Waals surface area contributed by atoms with E-state index in [9.17, 15) is 37.5 Å². The topological polar surface area (TPSA) is 189 Å². The Morgan fingerprint density at radius 1 is 0.529 bits per heavy atom. The molecule has 2 aromatic heterocycles. The zero-order valence-electron chi connectivity index (χ0n) is 39.3. The Labute approximate surface area is 403 Å². The van der Waals surface area contributed by atoms with E-state index < -0.39 is 46.6 Å². The molecule has 4 aliphatic carbocycles. The Morgan fingerprint density at radius 2 is 0.886 bits per heavy atom. The van der Waals surface area contributed by atoms with Gasteiger partial charge in [0.1, 0.15) is 34.3 Å². The molecule has 70 heavy (non-hydrogen) atoms. The van der Waals surface area contributed by atoms with Crippen molar-refractivity contribution < 1.29 is 37.5 Å². The van der Waals surface area contributed by atoms with Gasteiger partial charge in [-0.3, -0.25) is 29.8 Å². The first-order valence-electron chi connectivity index (χ1n) is 24.6. The van der Waals surface area contributed by atoms with E-state index in [4.69, 9.17) is 9.97 Å². The number of anilines is 2. The molecule has 16 nitrogen and oxygen atoms in total. The third kappa shape index (κ3) is 8.69. The second kappa shape index (κ2) is 17.5. The average molecular weight is 955 g/mol. The van der Waals surface area contributed by atoms with E-state index in [0.29, 0.717) is 76.0 Å².